The Balaban J connectivity index is 2.26. The number of carbonyl (C=O) groups is 1. The Morgan fingerprint density at radius 1 is 1.37 bits per heavy atom. The maximum Gasteiger partial charge on any atom is 0.185 e. The van der Waals surface area contributed by atoms with Gasteiger partial charge in [-0.25, -0.2) is 13.8 Å². The van der Waals surface area contributed by atoms with Gasteiger partial charge in [0.05, 0.1) is 12.1 Å². The predicted molar refractivity (Wildman–Crippen MR) is 67.0 cm³/mol. The van der Waals surface area contributed by atoms with Crippen LogP contribution in [-0.4, -0.2) is 15.3 Å². The molecule has 5 heteroatoms. The molecule has 100 valence electrons. The third kappa shape index (κ3) is 2.86. The smallest absolute Gasteiger partial charge is 0.185 e. The molecule has 0 atom stereocenters. The van der Waals surface area contributed by atoms with Gasteiger partial charge in [-0.05, 0) is 18.2 Å². The van der Waals surface area contributed by atoms with Gasteiger partial charge in [-0.2, -0.15) is 0 Å². The third-order valence-corrected chi connectivity index (χ3v) is 2.81. The highest BCUT2D eigenvalue weighted by molar-refractivity contribution is 5.96. The molecule has 2 aromatic rings. The van der Waals surface area contributed by atoms with E-state index in [-0.39, 0.29) is 18.0 Å². The SMILES string of the molecule is CC(C)c1nccn1CC(=O)c1cc(F)ccc1F. The lowest BCUT2D eigenvalue weighted by Crippen LogP contribution is -2.14. The summed E-state index contributed by atoms with van der Waals surface area (Å²) in [5.41, 5.74) is -0.233. The molecule has 3 nitrogen and oxygen atoms in total. The Bertz CT molecular complexity index is 605. The van der Waals surface area contributed by atoms with Crippen molar-refractivity contribution in [3.8, 4) is 0 Å². The van der Waals surface area contributed by atoms with Crippen molar-refractivity contribution in [1.29, 1.82) is 0 Å². The van der Waals surface area contributed by atoms with Gasteiger partial charge in [-0.15, -0.1) is 0 Å². The Kier molecular flexibility index (Phi) is 3.74. The van der Waals surface area contributed by atoms with Crippen LogP contribution in [-0.2, 0) is 6.54 Å². The third-order valence-electron chi connectivity index (χ3n) is 2.81. The molecular weight excluding hydrogens is 250 g/mol. The molecule has 0 bridgehead atoms. The molecule has 0 N–H and O–H groups in total. The molecule has 0 saturated heterocycles. The van der Waals surface area contributed by atoms with Gasteiger partial charge in [0.15, 0.2) is 5.78 Å². The van der Waals surface area contributed by atoms with Crippen LogP contribution in [0.15, 0.2) is 30.6 Å². The lowest BCUT2D eigenvalue weighted by molar-refractivity contribution is 0.0966. The number of Topliss-reactive ketones (excluding diaryl/α,β-unsaturated/α-hetero) is 1. The van der Waals surface area contributed by atoms with Gasteiger partial charge in [0, 0.05) is 18.3 Å². The van der Waals surface area contributed by atoms with Crippen molar-refractivity contribution >= 4 is 5.78 Å². The number of nitrogens with zero attached hydrogens (tertiary/aromatic N) is 2. The van der Waals surface area contributed by atoms with E-state index >= 15 is 0 Å². The van der Waals surface area contributed by atoms with Crippen LogP contribution in [0.5, 0.6) is 0 Å². The summed E-state index contributed by atoms with van der Waals surface area (Å²) < 4.78 is 28.2. The van der Waals surface area contributed by atoms with E-state index < -0.39 is 17.4 Å². The molecule has 1 aromatic carbocycles. The fourth-order valence-corrected chi connectivity index (χ4v) is 1.91. The summed E-state index contributed by atoms with van der Waals surface area (Å²) in [6.07, 6.45) is 3.25. The lowest BCUT2D eigenvalue weighted by atomic mass is 10.1. The summed E-state index contributed by atoms with van der Waals surface area (Å²) in [5.74, 6) is -0.917. The Labute approximate surface area is 109 Å². The van der Waals surface area contributed by atoms with Gasteiger partial charge >= 0.3 is 0 Å². The molecule has 0 saturated carbocycles. The zero-order chi connectivity index (χ0) is 14.0. The van der Waals surface area contributed by atoms with Crippen molar-refractivity contribution in [3.63, 3.8) is 0 Å². The van der Waals surface area contributed by atoms with Crippen molar-refractivity contribution in [2.75, 3.05) is 0 Å². The average Bonchev–Trinajstić information content (AvgIpc) is 2.80. The summed E-state index contributed by atoms with van der Waals surface area (Å²) in [6.45, 7) is 3.85. The number of carbonyl (C=O) groups excluding carboxylic acids is 1. The zero-order valence-electron chi connectivity index (χ0n) is 10.7. The normalized spacial score (nSPS) is 11.0. The Morgan fingerprint density at radius 3 is 2.79 bits per heavy atom. The highest BCUT2D eigenvalue weighted by Crippen LogP contribution is 2.15. The summed E-state index contributed by atoms with van der Waals surface area (Å²) >= 11 is 0. The minimum absolute atomic E-state index is 0.0477. The van der Waals surface area contributed by atoms with Crippen LogP contribution in [0, 0.1) is 11.6 Å². The average molecular weight is 264 g/mol. The highest BCUT2D eigenvalue weighted by Gasteiger charge is 2.16. The van der Waals surface area contributed by atoms with Crippen molar-refractivity contribution in [1.82, 2.24) is 9.55 Å². The molecule has 0 radical (unpaired) electrons. The van der Waals surface area contributed by atoms with E-state index in [2.05, 4.69) is 4.98 Å². The molecule has 0 aliphatic carbocycles. The Morgan fingerprint density at radius 2 is 2.11 bits per heavy atom. The Hall–Kier alpha value is -2.04. The van der Waals surface area contributed by atoms with Crippen LogP contribution in [0.2, 0.25) is 0 Å². The number of imidazole rings is 1. The van der Waals surface area contributed by atoms with Gasteiger partial charge in [0.25, 0.3) is 0 Å². The van der Waals surface area contributed by atoms with E-state index in [4.69, 9.17) is 0 Å². The molecule has 0 amide bonds. The molecule has 0 spiro atoms. The van der Waals surface area contributed by atoms with Crippen LogP contribution in [0.25, 0.3) is 0 Å². The molecule has 1 heterocycles. The minimum Gasteiger partial charge on any atom is -0.327 e. The highest BCUT2D eigenvalue weighted by atomic mass is 19.1. The monoisotopic (exact) mass is 264 g/mol. The molecule has 0 aliphatic heterocycles. The second-order valence-electron chi connectivity index (χ2n) is 4.62. The van der Waals surface area contributed by atoms with Crippen LogP contribution < -0.4 is 0 Å². The minimum atomic E-state index is -0.711. The lowest BCUT2D eigenvalue weighted by Gasteiger charge is -2.10. The summed E-state index contributed by atoms with van der Waals surface area (Å²) in [5, 5.41) is 0. The van der Waals surface area contributed by atoms with Crippen molar-refractivity contribution in [2.24, 2.45) is 0 Å². The zero-order valence-corrected chi connectivity index (χ0v) is 10.7. The fraction of sp³-hybridized carbons (Fsp3) is 0.286. The molecule has 0 unspecified atom stereocenters. The van der Waals surface area contributed by atoms with Crippen molar-refractivity contribution in [2.45, 2.75) is 26.3 Å². The van der Waals surface area contributed by atoms with E-state index in [1.165, 1.54) is 0 Å². The summed E-state index contributed by atoms with van der Waals surface area (Å²) in [7, 11) is 0. The number of hydrogen-bond acceptors (Lipinski definition) is 2. The second-order valence-corrected chi connectivity index (χ2v) is 4.62. The quantitative estimate of drug-likeness (QED) is 0.795. The maximum atomic E-state index is 13.5. The topological polar surface area (TPSA) is 34.9 Å². The number of halogens is 2. The summed E-state index contributed by atoms with van der Waals surface area (Å²) in [4.78, 5) is 16.1. The predicted octanol–water partition coefficient (Wildman–Crippen LogP) is 3.17. The van der Waals surface area contributed by atoms with E-state index in [0.717, 1.165) is 24.0 Å². The van der Waals surface area contributed by atoms with Crippen molar-refractivity contribution < 1.29 is 13.6 Å². The summed E-state index contributed by atoms with van der Waals surface area (Å²) in [6, 6.07) is 2.87. The number of benzene rings is 1. The number of ketones is 1. The van der Waals surface area contributed by atoms with E-state index in [0.29, 0.717) is 0 Å². The standard InChI is InChI=1S/C14H14F2N2O/c1-9(2)14-17-5-6-18(14)8-13(19)11-7-10(15)3-4-12(11)16/h3-7,9H,8H2,1-2H3. The van der Waals surface area contributed by atoms with Crippen LogP contribution >= 0.6 is 0 Å². The molecule has 19 heavy (non-hydrogen) atoms. The van der Waals surface area contributed by atoms with Crippen LogP contribution in [0.1, 0.15) is 35.9 Å². The fourth-order valence-electron chi connectivity index (χ4n) is 1.91. The van der Waals surface area contributed by atoms with Gasteiger partial charge in [-0.3, -0.25) is 4.79 Å². The molecular formula is C14H14F2N2O. The van der Waals surface area contributed by atoms with Crippen LogP contribution in [0.4, 0.5) is 8.78 Å². The first-order valence-corrected chi connectivity index (χ1v) is 5.98. The van der Waals surface area contributed by atoms with Gasteiger partial charge in [-0.1, -0.05) is 13.8 Å². The van der Waals surface area contributed by atoms with Gasteiger partial charge in [0.2, 0.25) is 0 Å². The number of rotatable bonds is 4. The molecule has 0 aliphatic rings. The maximum absolute atomic E-state index is 13.5. The molecule has 1 aromatic heterocycles. The molecule has 2 rings (SSSR count). The van der Waals surface area contributed by atoms with Gasteiger partial charge in [0.1, 0.15) is 17.5 Å². The van der Waals surface area contributed by atoms with E-state index in [1.54, 1.807) is 17.0 Å². The second kappa shape index (κ2) is 5.30. The van der Waals surface area contributed by atoms with Crippen LogP contribution in [0.3, 0.4) is 0 Å². The number of aromatic nitrogens is 2. The van der Waals surface area contributed by atoms with E-state index in [9.17, 15) is 13.6 Å². The number of hydrogen-bond donors (Lipinski definition) is 0. The largest absolute Gasteiger partial charge is 0.327 e. The first-order valence-electron chi connectivity index (χ1n) is 5.98. The first-order chi connectivity index (χ1) is 8.99. The first kappa shape index (κ1) is 13.4. The van der Waals surface area contributed by atoms with E-state index in [1.807, 2.05) is 13.8 Å². The van der Waals surface area contributed by atoms with Crippen molar-refractivity contribution in [3.05, 3.63) is 53.6 Å². The van der Waals surface area contributed by atoms with Gasteiger partial charge < -0.3 is 4.57 Å². The molecule has 0 fully saturated rings.